The predicted molar refractivity (Wildman–Crippen MR) is 76.6 cm³/mol. The fourth-order valence-electron chi connectivity index (χ4n) is 1.43. The van der Waals surface area contributed by atoms with Crippen LogP contribution in [0.3, 0.4) is 0 Å². The van der Waals surface area contributed by atoms with Gasteiger partial charge >= 0.3 is 5.97 Å². The highest BCUT2D eigenvalue weighted by atomic mass is 79.9. The van der Waals surface area contributed by atoms with Gasteiger partial charge in [-0.2, -0.15) is 0 Å². The molecule has 0 radical (unpaired) electrons. The van der Waals surface area contributed by atoms with Gasteiger partial charge in [0.2, 0.25) is 0 Å². The summed E-state index contributed by atoms with van der Waals surface area (Å²) >= 11 is 4.62. The standard InChI is InChI=1S/C12H12BrN3O3S/c1-6-2-3-15-12(16-6)20-11-8(13)4-7(19-11)5-9(14)10(17)18/h2-4,9H,5,14H2,1H3,(H,17,18). The molecule has 2 aromatic rings. The lowest BCUT2D eigenvalue weighted by atomic mass is 10.2. The van der Waals surface area contributed by atoms with E-state index in [1.54, 1.807) is 18.3 Å². The maximum atomic E-state index is 10.7. The highest BCUT2D eigenvalue weighted by Gasteiger charge is 2.18. The predicted octanol–water partition coefficient (Wildman–Crippen LogP) is 2.25. The van der Waals surface area contributed by atoms with Crippen LogP contribution in [0.4, 0.5) is 0 Å². The van der Waals surface area contributed by atoms with Gasteiger partial charge in [0, 0.05) is 18.3 Å². The molecule has 0 saturated carbocycles. The Hall–Kier alpha value is -1.38. The zero-order valence-corrected chi connectivity index (χ0v) is 12.9. The summed E-state index contributed by atoms with van der Waals surface area (Å²) in [7, 11) is 0. The highest BCUT2D eigenvalue weighted by molar-refractivity contribution is 9.10. The molecule has 0 fully saturated rings. The Bertz CT molecular complexity index is 632. The minimum atomic E-state index is -1.06. The van der Waals surface area contributed by atoms with Gasteiger partial charge in [-0.25, -0.2) is 9.97 Å². The van der Waals surface area contributed by atoms with Crippen molar-refractivity contribution in [2.45, 2.75) is 29.6 Å². The van der Waals surface area contributed by atoms with Crippen molar-refractivity contribution in [1.29, 1.82) is 0 Å². The average molecular weight is 358 g/mol. The lowest BCUT2D eigenvalue weighted by molar-refractivity contribution is -0.138. The van der Waals surface area contributed by atoms with E-state index >= 15 is 0 Å². The SMILES string of the molecule is Cc1ccnc(Sc2oc(CC(N)C(=O)O)cc2Br)n1. The molecule has 1 unspecified atom stereocenters. The molecule has 2 rings (SSSR count). The van der Waals surface area contributed by atoms with Crippen LogP contribution in [0.5, 0.6) is 0 Å². The number of rotatable bonds is 5. The van der Waals surface area contributed by atoms with Gasteiger partial charge in [-0.15, -0.1) is 0 Å². The largest absolute Gasteiger partial charge is 0.480 e. The van der Waals surface area contributed by atoms with Crippen molar-refractivity contribution in [3.8, 4) is 0 Å². The molecule has 0 aliphatic heterocycles. The van der Waals surface area contributed by atoms with E-state index < -0.39 is 12.0 Å². The van der Waals surface area contributed by atoms with Gasteiger partial charge in [0.15, 0.2) is 10.2 Å². The minimum absolute atomic E-state index is 0.128. The van der Waals surface area contributed by atoms with Crippen LogP contribution in [-0.2, 0) is 11.2 Å². The molecule has 1 atom stereocenters. The molecule has 0 aliphatic carbocycles. The van der Waals surface area contributed by atoms with Crippen molar-refractivity contribution in [3.05, 3.63) is 34.3 Å². The lowest BCUT2D eigenvalue weighted by Gasteiger charge is -2.02. The third kappa shape index (κ3) is 3.81. The van der Waals surface area contributed by atoms with Crippen LogP contribution < -0.4 is 5.73 Å². The van der Waals surface area contributed by atoms with E-state index in [0.717, 1.165) is 10.2 Å². The Balaban J connectivity index is 2.13. The van der Waals surface area contributed by atoms with Gasteiger partial charge in [0.25, 0.3) is 0 Å². The summed E-state index contributed by atoms with van der Waals surface area (Å²) < 4.78 is 6.29. The Morgan fingerprint density at radius 3 is 3.05 bits per heavy atom. The monoisotopic (exact) mass is 357 g/mol. The van der Waals surface area contributed by atoms with Crippen molar-refractivity contribution in [1.82, 2.24) is 9.97 Å². The zero-order chi connectivity index (χ0) is 14.7. The first-order chi connectivity index (χ1) is 9.45. The second kappa shape index (κ2) is 6.38. The van der Waals surface area contributed by atoms with Crippen LogP contribution in [-0.4, -0.2) is 27.1 Å². The smallest absolute Gasteiger partial charge is 0.320 e. The maximum absolute atomic E-state index is 10.7. The van der Waals surface area contributed by atoms with E-state index in [-0.39, 0.29) is 6.42 Å². The zero-order valence-electron chi connectivity index (χ0n) is 10.5. The third-order valence-electron chi connectivity index (χ3n) is 2.40. The number of halogens is 1. The van der Waals surface area contributed by atoms with Gasteiger partial charge < -0.3 is 15.3 Å². The number of furan rings is 1. The summed E-state index contributed by atoms with van der Waals surface area (Å²) in [6.07, 6.45) is 1.80. The number of aliphatic carboxylic acids is 1. The molecule has 8 heteroatoms. The number of aromatic nitrogens is 2. The molecule has 2 aromatic heterocycles. The summed E-state index contributed by atoms with van der Waals surface area (Å²) in [5.74, 6) is -0.560. The molecule has 0 aromatic carbocycles. The molecule has 2 heterocycles. The van der Waals surface area contributed by atoms with E-state index in [1.165, 1.54) is 11.8 Å². The van der Waals surface area contributed by atoms with Crippen LogP contribution in [0.1, 0.15) is 11.5 Å². The Kier molecular flexibility index (Phi) is 4.79. The molecule has 6 nitrogen and oxygen atoms in total. The van der Waals surface area contributed by atoms with Crippen molar-refractivity contribution in [2.75, 3.05) is 0 Å². The van der Waals surface area contributed by atoms with Crippen molar-refractivity contribution >= 4 is 33.7 Å². The number of hydrogen-bond acceptors (Lipinski definition) is 6. The van der Waals surface area contributed by atoms with Gasteiger partial charge in [-0.05, 0) is 46.7 Å². The van der Waals surface area contributed by atoms with Crippen LogP contribution in [0.25, 0.3) is 0 Å². The highest BCUT2D eigenvalue weighted by Crippen LogP contribution is 2.34. The number of carbonyl (C=O) groups is 1. The Morgan fingerprint density at radius 2 is 2.40 bits per heavy atom. The second-order valence-electron chi connectivity index (χ2n) is 4.08. The third-order valence-corrected chi connectivity index (χ3v) is 4.12. The molecule has 20 heavy (non-hydrogen) atoms. The van der Waals surface area contributed by atoms with E-state index in [9.17, 15) is 4.79 Å². The van der Waals surface area contributed by atoms with E-state index in [1.807, 2.05) is 6.92 Å². The fraction of sp³-hybridized carbons (Fsp3) is 0.250. The molecule has 3 N–H and O–H groups in total. The average Bonchev–Trinajstić information content (AvgIpc) is 2.69. The molecule has 0 saturated heterocycles. The van der Waals surface area contributed by atoms with Crippen LogP contribution in [0.2, 0.25) is 0 Å². The normalized spacial score (nSPS) is 12.3. The number of carboxylic acids is 1. The lowest BCUT2D eigenvalue weighted by Crippen LogP contribution is -2.32. The number of aryl methyl sites for hydroxylation is 1. The van der Waals surface area contributed by atoms with Crippen molar-refractivity contribution < 1.29 is 14.3 Å². The summed E-state index contributed by atoms with van der Waals surface area (Å²) in [4.78, 5) is 19.1. The first-order valence-electron chi connectivity index (χ1n) is 5.70. The van der Waals surface area contributed by atoms with Crippen molar-refractivity contribution in [3.63, 3.8) is 0 Å². The van der Waals surface area contributed by atoms with Crippen LogP contribution >= 0.6 is 27.7 Å². The molecular formula is C12H12BrN3O3S. The Morgan fingerprint density at radius 1 is 1.65 bits per heavy atom. The number of nitrogens with zero attached hydrogens (tertiary/aromatic N) is 2. The fourth-order valence-corrected chi connectivity index (χ4v) is 2.78. The van der Waals surface area contributed by atoms with E-state index in [4.69, 9.17) is 15.3 Å². The summed E-state index contributed by atoms with van der Waals surface area (Å²) in [5.41, 5.74) is 6.33. The van der Waals surface area contributed by atoms with Gasteiger partial charge in [0.1, 0.15) is 11.8 Å². The minimum Gasteiger partial charge on any atom is -0.480 e. The second-order valence-corrected chi connectivity index (χ2v) is 5.87. The van der Waals surface area contributed by atoms with Crippen LogP contribution in [0, 0.1) is 6.92 Å². The molecule has 0 spiro atoms. The topological polar surface area (TPSA) is 102 Å². The van der Waals surface area contributed by atoms with Gasteiger partial charge in [-0.1, -0.05) is 0 Å². The summed E-state index contributed by atoms with van der Waals surface area (Å²) in [6.45, 7) is 1.88. The first kappa shape index (κ1) is 15.0. The maximum Gasteiger partial charge on any atom is 0.320 e. The molecular weight excluding hydrogens is 346 g/mol. The molecule has 0 aliphatic rings. The van der Waals surface area contributed by atoms with Gasteiger partial charge in [-0.3, -0.25) is 4.79 Å². The van der Waals surface area contributed by atoms with Crippen LogP contribution in [0.15, 0.2) is 37.5 Å². The number of hydrogen-bond donors (Lipinski definition) is 2. The number of carboxylic acid groups (broad SMARTS) is 1. The number of nitrogens with two attached hydrogens (primary N) is 1. The molecule has 0 bridgehead atoms. The molecule has 106 valence electrons. The van der Waals surface area contributed by atoms with E-state index in [2.05, 4.69) is 25.9 Å². The van der Waals surface area contributed by atoms with E-state index in [0.29, 0.717) is 16.0 Å². The molecule has 0 amide bonds. The summed E-state index contributed by atoms with van der Waals surface area (Å²) in [6, 6.07) is 2.53. The van der Waals surface area contributed by atoms with Crippen molar-refractivity contribution in [2.24, 2.45) is 5.73 Å². The quantitative estimate of drug-likeness (QED) is 0.790. The first-order valence-corrected chi connectivity index (χ1v) is 7.30. The van der Waals surface area contributed by atoms with Gasteiger partial charge in [0.05, 0.1) is 4.47 Å². The Labute approximate surface area is 127 Å². The summed E-state index contributed by atoms with van der Waals surface area (Å²) in [5, 5.41) is 9.92.